The topological polar surface area (TPSA) is 25.8 Å². The molecule has 3 aromatic rings. The van der Waals surface area contributed by atoms with Crippen molar-refractivity contribution in [2.45, 2.75) is 143 Å². The second kappa shape index (κ2) is 19.8. The number of rotatable bonds is 21. The van der Waals surface area contributed by atoms with Crippen LogP contribution in [-0.2, 0) is 17.8 Å². The molecule has 2 aromatic heterocycles. The first-order valence-corrected chi connectivity index (χ1v) is 19.9. The summed E-state index contributed by atoms with van der Waals surface area (Å²) in [6.07, 6.45) is -29.0. The molecule has 0 aliphatic carbocycles. The lowest BCUT2D eigenvalue weighted by atomic mass is 9.84. The Labute approximate surface area is 446 Å². The molecule has 2 heterocycles. The molecule has 0 aliphatic rings. The lowest BCUT2D eigenvalue weighted by Crippen LogP contribution is -2.74. The van der Waals surface area contributed by atoms with Gasteiger partial charge in [0.25, 0.3) is 0 Å². The highest BCUT2D eigenvalue weighted by molar-refractivity contribution is 6.05. The van der Waals surface area contributed by atoms with Crippen molar-refractivity contribution >= 4 is 21.8 Å². The predicted molar refractivity (Wildman–Crippen MR) is 176 cm³/mol. The Morgan fingerprint density at radius 2 is 0.382 bits per heavy atom. The van der Waals surface area contributed by atoms with Gasteiger partial charge in [0.05, 0.1) is 11.0 Å². The van der Waals surface area contributed by atoms with Crippen LogP contribution in [-0.4, -0.2) is 135 Å². The van der Waals surface area contributed by atoms with Crippen molar-refractivity contribution in [1.29, 1.82) is 0 Å². The van der Waals surface area contributed by atoms with Crippen molar-refractivity contribution < 1.29 is 224 Å². The molecule has 2 nitrogen and oxygen atoms in total. The van der Waals surface area contributed by atoms with Crippen LogP contribution >= 0.6 is 0 Å². The van der Waals surface area contributed by atoms with Crippen LogP contribution in [0.1, 0.15) is 16.7 Å². The summed E-state index contributed by atoms with van der Waals surface area (Å²) in [5.74, 6) is -195. The van der Waals surface area contributed by atoms with Crippen LogP contribution in [0.15, 0.2) is 30.6 Å². The van der Waals surface area contributed by atoms with Crippen molar-refractivity contribution in [1.82, 2.24) is 9.97 Å². The number of benzene rings is 1. The monoisotopic (exact) mass is 1430 g/mol. The van der Waals surface area contributed by atoms with Gasteiger partial charge in [0.1, 0.15) is 0 Å². The zero-order valence-electron chi connectivity index (χ0n) is 38.6. The lowest BCUT2D eigenvalue weighted by Gasteiger charge is -2.43. The van der Waals surface area contributed by atoms with Gasteiger partial charge in [-0.3, -0.25) is 9.97 Å². The first-order valence-electron chi connectivity index (χ1n) is 19.9. The van der Waals surface area contributed by atoms with Gasteiger partial charge in [-0.2, -0.15) is 224 Å². The van der Waals surface area contributed by atoms with E-state index in [1.54, 1.807) is 0 Å². The third-order valence-corrected chi connectivity index (χ3v) is 11.8. The van der Waals surface area contributed by atoms with Crippen LogP contribution in [0.2, 0.25) is 0 Å². The first-order chi connectivity index (χ1) is 38.0. The molecule has 1 aromatic carbocycles. The molecule has 0 fully saturated rings. The Bertz CT molecular complexity index is 3140. The van der Waals surface area contributed by atoms with E-state index in [4.69, 9.17) is 0 Å². The van der Waals surface area contributed by atoms with E-state index in [1.165, 1.54) is 0 Å². The van der Waals surface area contributed by atoms with Gasteiger partial charge in [0, 0.05) is 39.9 Å². The summed E-state index contributed by atoms with van der Waals surface area (Å²) >= 11 is 0. The Balaban J connectivity index is 2.70. The number of hydrogen-bond acceptors (Lipinski definition) is 2. The SMILES string of the molecule is FC(F)(F)C(F)(F)C(F)(F)C(F)(F)C(F)(F)C(F)(F)C(F)(F)C(F)(F)c1cnc2c(c1)cc(C(F)(F)C(F)(F)C(F)(F)C(F)(F)C(F)(F)C(F)(F)C(F)(F)C(F)(F)F)c1cc(C(F)(F)C(F)(F)C(F)(F)C(F)(F)C(F)(F)C(F)(F)C(F)(F)C(F)(F)F)cnc12. The standard InChI is InChI=1S/C36H5F51N2/c37-13(38,16(43,44)19(49,50)22(55,56)25(61,62)28(67,68)31(73,74)34(79,80)81)7-1-6-2-10(15(41,42)18(47,48)21(53,54)24(59,60)27(65,66)30(71,72)33(77,78)36(85,86)87)9-3-8(5-89-12(9)11(6)88-4-7)14(39,40)17(45,46)20(51,52)23(57,58)26(63,64)29(69,70)32(75,76)35(82,83)84/h1-5H. The van der Waals surface area contributed by atoms with Crippen molar-refractivity contribution in [3.8, 4) is 0 Å². The van der Waals surface area contributed by atoms with Gasteiger partial charge < -0.3 is 0 Å². The third kappa shape index (κ3) is 9.31. The molecule has 0 N–H and O–H groups in total. The maximum absolute atomic E-state index is 16.0. The van der Waals surface area contributed by atoms with Crippen LogP contribution in [0.3, 0.4) is 0 Å². The highest BCUT2D eigenvalue weighted by Gasteiger charge is 2.99. The number of hydrogen-bond donors (Lipinski definition) is 0. The number of alkyl halides is 51. The number of fused-ring (bicyclic) bond motifs is 3. The maximum Gasteiger partial charge on any atom is 0.460 e. The zero-order valence-corrected chi connectivity index (χ0v) is 38.6. The molecular weight excluding hydrogens is 1430 g/mol. The number of nitrogens with zero attached hydrogens (tertiary/aromatic N) is 2. The van der Waals surface area contributed by atoms with Gasteiger partial charge in [-0.25, -0.2) is 0 Å². The fourth-order valence-corrected chi connectivity index (χ4v) is 6.51. The molecule has 53 heteroatoms. The van der Waals surface area contributed by atoms with E-state index in [9.17, 15) is 189 Å². The molecule has 0 bridgehead atoms. The molecule has 0 radical (unpaired) electrons. The minimum atomic E-state index is -9.88. The zero-order chi connectivity index (χ0) is 72.0. The number of pyridine rings is 2. The molecule has 0 unspecified atom stereocenters. The van der Waals surface area contributed by atoms with Crippen LogP contribution in [0.4, 0.5) is 224 Å². The van der Waals surface area contributed by atoms with Gasteiger partial charge in [0.15, 0.2) is 0 Å². The van der Waals surface area contributed by atoms with Crippen LogP contribution in [0, 0.1) is 0 Å². The summed E-state index contributed by atoms with van der Waals surface area (Å²) in [6, 6.07) is -6.33. The van der Waals surface area contributed by atoms with Crippen LogP contribution in [0.25, 0.3) is 21.8 Å². The Hall–Kier alpha value is -5.53. The van der Waals surface area contributed by atoms with Crippen LogP contribution < -0.4 is 0 Å². The molecular formula is C36H5F51N2. The fraction of sp³-hybridized carbons (Fsp3) is 0.667. The predicted octanol–water partition coefficient (Wildman–Crippen LogP) is 19.2. The van der Waals surface area contributed by atoms with E-state index >= 15 is 35.1 Å². The summed E-state index contributed by atoms with van der Waals surface area (Å²) in [5, 5.41) is -6.92. The average Bonchev–Trinajstić information content (AvgIpc) is 0.709. The van der Waals surface area contributed by atoms with Crippen molar-refractivity contribution in [3.63, 3.8) is 0 Å². The maximum atomic E-state index is 16.0. The Kier molecular flexibility index (Phi) is 17.2. The number of aromatic nitrogens is 2. The Morgan fingerprint density at radius 1 is 0.191 bits per heavy atom. The molecule has 0 saturated heterocycles. The van der Waals surface area contributed by atoms with E-state index in [1.807, 2.05) is 4.98 Å². The lowest BCUT2D eigenvalue weighted by molar-refractivity contribution is -0.462. The summed E-state index contributed by atoms with van der Waals surface area (Å²) in [5.41, 5.74) is -18.8. The second-order valence-corrected chi connectivity index (χ2v) is 17.4. The van der Waals surface area contributed by atoms with Crippen LogP contribution in [0.5, 0.6) is 0 Å². The first kappa shape index (κ1) is 77.7. The molecule has 89 heavy (non-hydrogen) atoms. The fourth-order valence-electron chi connectivity index (χ4n) is 6.51. The molecule has 0 saturated carbocycles. The number of halogens is 51. The largest absolute Gasteiger partial charge is 0.460 e. The summed E-state index contributed by atoms with van der Waals surface area (Å²) in [7, 11) is 0. The van der Waals surface area contributed by atoms with Crippen molar-refractivity contribution in [3.05, 3.63) is 47.3 Å². The summed E-state index contributed by atoms with van der Waals surface area (Å²) in [4.78, 5) is 3.95. The van der Waals surface area contributed by atoms with Crippen molar-refractivity contribution in [2.24, 2.45) is 0 Å². The molecule has 3 rings (SSSR count). The van der Waals surface area contributed by atoms with E-state index in [0.717, 1.165) is 0 Å². The highest BCUT2D eigenvalue weighted by Crippen LogP contribution is 2.70. The normalized spacial score (nSPS) is 16.7. The summed E-state index contributed by atoms with van der Waals surface area (Å²) < 4.78 is 718. The third-order valence-electron chi connectivity index (χ3n) is 11.8. The van der Waals surface area contributed by atoms with E-state index in [2.05, 4.69) is 4.98 Å². The highest BCUT2D eigenvalue weighted by atomic mass is 19.5. The van der Waals surface area contributed by atoms with E-state index in [-0.39, 0.29) is 0 Å². The second-order valence-electron chi connectivity index (χ2n) is 17.4. The Morgan fingerprint density at radius 3 is 0.618 bits per heavy atom. The van der Waals surface area contributed by atoms with Gasteiger partial charge in [-0.05, 0) is 18.2 Å². The molecule has 0 spiro atoms. The van der Waals surface area contributed by atoms with Crippen molar-refractivity contribution in [2.75, 3.05) is 0 Å². The van der Waals surface area contributed by atoms with E-state index in [0.29, 0.717) is 0 Å². The summed E-state index contributed by atoms with van der Waals surface area (Å²) in [6.45, 7) is 0. The molecule has 0 atom stereocenters. The average molecular weight is 1430 g/mol. The molecule has 0 amide bonds. The van der Waals surface area contributed by atoms with Gasteiger partial charge in [-0.15, -0.1) is 0 Å². The van der Waals surface area contributed by atoms with Gasteiger partial charge >= 0.3 is 143 Å². The minimum Gasteiger partial charge on any atom is -0.253 e. The minimum absolute atomic E-state index is 1.73. The van der Waals surface area contributed by atoms with Gasteiger partial charge in [0.2, 0.25) is 0 Å². The quantitative estimate of drug-likeness (QED) is 0.0785. The molecule has 516 valence electrons. The smallest absolute Gasteiger partial charge is 0.253 e. The molecule has 0 aliphatic heterocycles. The van der Waals surface area contributed by atoms with E-state index < -0.39 is 212 Å². The van der Waals surface area contributed by atoms with Gasteiger partial charge in [-0.1, -0.05) is 0 Å².